The van der Waals surface area contributed by atoms with E-state index in [0.717, 1.165) is 0 Å². The van der Waals surface area contributed by atoms with E-state index in [1.807, 2.05) is 31.2 Å². The molecule has 2 amide bonds. The monoisotopic (exact) mass is 387 g/mol. The molecule has 3 rings (SSSR count). The van der Waals surface area contributed by atoms with Crippen LogP contribution >= 0.6 is 0 Å². The molecular weight excluding hydrogens is 363 g/mol. The first kappa shape index (κ1) is 19.6. The first-order chi connectivity index (χ1) is 12.8. The number of hydrogen-bond acceptors (Lipinski definition) is 4. The normalized spacial score (nSPS) is 22.5. The van der Waals surface area contributed by atoms with Crippen molar-refractivity contribution in [2.45, 2.75) is 31.7 Å². The Labute approximate surface area is 156 Å². The Hall–Kier alpha value is -2.16. The number of fused-ring (bicyclic) bond motifs is 1. The number of ether oxygens (including phenoxy) is 2. The third-order valence-electron chi connectivity index (χ3n) is 4.66. The van der Waals surface area contributed by atoms with E-state index in [0.29, 0.717) is 44.2 Å². The van der Waals surface area contributed by atoms with E-state index in [2.05, 4.69) is 5.32 Å². The van der Waals surface area contributed by atoms with E-state index in [1.54, 1.807) is 4.90 Å². The van der Waals surface area contributed by atoms with Crippen molar-refractivity contribution >= 4 is 6.03 Å². The molecule has 2 aliphatic heterocycles. The van der Waals surface area contributed by atoms with Gasteiger partial charge in [-0.15, -0.1) is 0 Å². The molecule has 2 unspecified atom stereocenters. The van der Waals surface area contributed by atoms with Crippen molar-refractivity contribution < 1.29 is 27.4 Å². The van der Waals surface area contributed by atoms with Gasteiger partial charge in [0.15, 0.2) is 17.6 Å². The summed E-state index contributed by atoms with van der Waals surface area (Å²) in [6.07, 6.45) is -4.01. The lowest BCUT2D eigenvalue weighted by atomic mass is 10.2. The van der Waals surface area contributed by atoms with E-state index in [4.69, 9.17) is 9.47 Å². The second-order valence-electron chi connectivity index (χ2n) is 6.82. The summed E-state index contributed by atoms with van der Waals surface area (Å²) in [5.41, 5.74) is 0. The second-order valence-corrected chi connectivity index (χ2v) is 6.82. The van der Waals surface area contributed by atoms with Gasteiger partial charge in [0, 0.05) is 25.7 Å². The lowest BCUT2D eigenvalue weighted by Crippen LogP contribution is -2.50. The van der Waals surface area contributed by atoms with Gasteiger partial charge in [-0.05, 0) is 25.5 Å². The first-order valence-electron chi connectivity index (χ1n) is 9.07. The smallest absolute Gasteiger partial charge is 0.401 e. The van der Waals surface area contributed by atoms with Crippen LogP contribution in [-0.4, -0.2) is 73.5 Å². The van der Waals surface area contributed by atoms with Crippen LogP contribution in [0.4, 0.5) is 18.0 Å². The van der Waals surface area contributed by atoms with Crippen molar-refractivity contribution in [1.29, 1.82) is 0 Å². The topological polar surface area (TPSA) is 54.0 Å². The minimum absolute atomic E-state index is 0.208. The molecule has 0 spiro atoms. The SMILES string of the molecule is CCN(CC1COc2ccccc2O1)C(=O)NC1CCN(CC(F)(F)F)C1. The third-order valence-corrected chi connectivity index (χ3v) is 4.66. The number of urea groups is 1. The number of rotatable bonds is 5. The maximum atomic E-state index is 12.5. The highest BCUT2D eigenvalue weighted by atomic mass is 19.4. The van der Waals surface area contributed by atoms with Gasteiger partial charge >= 0.3 is 12.2 Å². The fourth-order valence-corrected chi connectivity index (χ4v) is 3.37. The Morgan fingerprint density at radius 1 is 1.33 bits per heavy atom. The van der Waals surface area contributed by atoms with E-state index < -0.39 is 12.7 Å². The lowest BCUT2D eigenvalue weighted by Gasteiger charge is -2.31. The predicted molar refractivity (Wildman–Crippen MR) is 93.0 cm³/mol. The standard InChI is InChI=1S/C18H24F3N3O3/c1-2-24(10-14-11-26-15-5-3-4-6-16(15)27-14)17(25)22-13-7-8-23(9-13)12-18(19,20)21/h3-6,13-14H,2,7-12H2,1H3,(H,22,25). The number of carbonyl (C=O) groups is 1. The number of amides is 2. The Morgan fingerprint density at radius 2 is 2.07 bits per heavy atom. The van der Waals surface area contributed by atoms with Crippen LogP contribution in [0.3, 0.4) is 0 Å². The van der Waals surface area contributed by atoms with Crippen LogP contribution in [0.5, 0.6) is 11.5 Å². The molecule has 0 aromatic heterocycles. The van der Waals surface area contributed by atoms with Gasteiger partial charge in [-0.3, -0.25) is 4.90 Å². The fourth-order valence-electron chi connectivity index (χ4n) is 3.37. The summed E-state index contributed by atoms with van der Waals surface area (Å²) in [5.74, 6) is 1.32. The van der Waals surface area contributed by atoms with Gasteiger partial charge < -0.3 is 19.7 Å². The molecule has 150 valence electrons. The average Bonchev–Trinajstić information content (AvgIpc) is 3.04. The number of alkyl halides is 3. The third kappa shape index (κ3) is 5.41. The fraction of sp³-hybridized carbons (Fsp3) is 0.611. The van der Waals surface area contributed by atoms with Crippen LogP contribution in [0, 0.1) is 0 Å². The van der Waals surface area contributed by atoms with E-state index in [9.17, 15) is 18.0 Å². The zero-order valence-electron chi connectivity index (χ0n) is 15.2. The number of nitrogens with one attached hydrogen (secondary N) is 1. The molecule has 0 radical (unpaired) electrons. The van der Waals surface area contributed by atoms with Gasteiger partial charge in [-0.25, -0.2) is 4.79 Å². The van der Waals surface area contributed by atoms with Crippen LogP contribution in [0.2, 0.25) is 0 Å². The maximum Gasteiger partial charge on any atom is 0.401 e. The van der Waals surface area contributed by atoms with Crippen LogP contribution in [0.25, 0.3) is 0 Å². The minimum atomic E-state index is -4.22. The highest BCUT2D eigenvalue weighted by Crippen LogP contribution is 2.31. The molecule has 2 heterocycles. The molecule has 0 bridgehead atoms. The van der Waals surface area contributed by atoms with Gasteiger partial charge in [0.25, 0.3) is 0 Å². The average molecular weight is 387 g/mol. The maximum absolute atomic E-state index is 12.5. The summed E-state index contributed by atoms with van der Waals surface area (Å²) in [4.78, 5) is 15.4. The van der Waals surface area contributed by atoms with Crippen molar-refractivity contribution in [3.63, 3.8) is 0 Å². The summed E-state index contributed by atoms with van der Waals surface area (Å²) < 4.78 is 49.0. The molecule has 9 heteroatoms. The molecule has 27 heavy (non-hydrogen) atoms. The van der Waals surface area contributed by atoms with Gasteiger partial charge in [0.2, 0.25) is 0 Å². The number of benzene rings is 1. The molecule has 0 aliphatic carbocycles. The summed E-state index contributed by atoms with van der Waals surface area (Å²) in [5, 5.41) is 2.84. The van der Waals surface area contributed by atoms with Gasteiger partial charge in [-0.2, -0.15) is 13.2 Å². The number of carbonyl (C=O) groups excluding carboxylic acids is 1. The molecule has 1 aromatic carbocycles. The van der Waals surface area contributed by atoms with Crippen molar-refractivity contribution in [3.8, 4) is 11.5 Å². The number of likely N-dealkylation sites (N-methyl/N-ethyl adjacent to an activating group) is 1. The molecule has 0 saturated carbocycles. The van der Waals surface area contributed by atoms with Gasteiger partial charge in [-0.1, -0.05) is 12.1 Å². The molecule has 2 atom stereocenters. The van der Waals surface area contributed by atoms with Gasteiger partial charge in [0.1, 0.15) is 6.61 Å². The molecule has 1 N–H and O–H groups in total. The quantitative estimate of drug-likeness (QED) is 0.844. The van der Waals surface area contributed by atoms with Gasteiger partial charge in [0.05, 0.1) is 13.1 Å². The Bertz CT molecular complexity index is 656. The summed E-state index contributed by atoms with van der Waals surface area (Å²) in [6.45, 7) is 2.59. The summed E-state index contributed by atoms with van der Waals surface area (Å²) in [7, 11) is 0. The number of halogens is 3. The zero-order valence-corrected chi connectivity index (χ0v) is 15.2. The Balaban J connectivity index is 1.49. The number of para-hydroxylation sites is 2. The highest BCUT2D eigenvalue weighted by molar-refractivity contribution is 5.74. The van der Waals surface area contributed by atoms with Crippen LogP contribution in [0.1, 0.15) is 13.3 Å². The van der Waals surface area contributed by atoms with Crippen LogP contribution < -0.4 is 14.8 Å². The molecule has 1 fully saturated rings. The van der Waals surface area contributed by atoms with E-state index in [-0.39, 0.29) is 24.7 Å². The van der Waals surface area contributed by atoms with E-state index >= 15 is 0 Å². The summed E-state index contributed by atoms with van der Waals surface area (Å²) >= 11 is 0. The summed E-state index contributed by atoms with van der Waals surface area (Å²) in [6, 6.07) is 6.77. The molecular formula is C18H24F3N3O3. The molecule has 1 aromatic rings. The van der Waals surface area contributed by atoms with Crippen molar-refractivity contribution in [2.24, 2.45) is 0 Å². The lowest BCUT2D eigenvalue weighted by molar-refractivity contribution is -0.143. The zero-order chi connectivity index (χ0) is 19.4. The Morgan fingerprint density at radius 3 is 2.78 bits per heavy atom. The number of likely N-dealkylation sites (tertiary alicyclic amines) is 1. The number of nitrogens with zero attached hydrogens (tertiary/aromatic N) is 2. The minimum Gasteiger partial charge on any atom is -0.486 e. The van der Waals surface area contributed by atoms with Crippen LogP contribution in [0.15, 0.2) is 24.3 Å². The molecule has 6 nitrogen and oxygen atoms in total. The van der Waals surface area contributed by atoms with Crippen molar-refractivity contribution in [3.05, 3.63) is 24.3 Å². The number of hydrogen-bond donors (Lipinski definition) is 1. The van der Waals surface area contributed by atoms with Crippen molar-refractivity contribution in [2.75, 3.05) is 39.3 Å². The Kier molecular flexibility index (Phi) is 5.98. The van der Waals surface area contributed by atoms with E-state index in [1.165, 1.54) is 4.90 Å². The largest absolute Gasteiger partial charge is 0.486 e. The second kappa shape index (κ2) is 8.24. The first-order valence-corrected chi connectivity index (χ1v) is 9.07. The predicted octanol–water partition coefficient (Wildman–Crippen LogP) is 2.49. The molecule has 1 saturated heterocycles. The van der Waals surface area contributed by atoms with Crippen molar-refractivity contribution in [1.82, 2.24) is 15.1 Å². The highest BCUT2D eigenvalue weighted by Gasteiger charge is 2.35. The van der Waals surface area contributed by atoms with Crippen LogP contribution in [-0.2, 0) is 0 Å². The molecule has 2 aliphatic rings.